The molecular formula is C12H8F4N2SSe. The van der Waals surface area contributed by atoms with Gasteiger partial charge in [0.1, 0.15) is 0 Å². The van der Waals surface area contributed by atoms with Crippen LogP contribution in [0.15, 0.2) is 29.3 Å². The van der Waals surface area contributed by atoms with E-state index in [-0.39, 0.29) is 33.7 Å². The van der Waals surface area contributed by atoms with Gasteiger partial charge in [-0.05, 0) is 0 Å². The van der Waals surface area contributed by atoms with E-state index in [0.29, 0.717) is 5.52 Å². The van der Waals surface area contributed by atoms with Crippen molar-refractivity contribution in [3.8, 4) is 11.8 Å². The third-order valence-corrected chi connectivity index (χ3v) is 4.62. The molecule has 2 rings (SSSR count). The Morgan fingerprint density at radius 3 is 2.75 bits per heavy atom. The maximum absolute atomic E-state index is 12.8. The summed E-state index contributed by atoms with van der Waals surface area (Å²) in [6, 6.07) is 4.48. The topological polar surface area (TPSA) is 30.4 Å². The number of fused-ring (bicyclic) bond motifs is 1. The van der Waals surface area contributed by atoms with Gasteiger partial charge in [-0.15, -0.1) is 0 Å². The fourth-order valence-corrected chi connectivity index (χ4v) is 3.49. The standard InChI is InChI=1S/C12H8F4N2SSe/c13-12(14,15)20-11-8(3-1-5-17)7-9-10(19-16)4-2-6-18(9)11/h2,4,6-7H,5,17H2. The number of pyridine rings is 1. The number of halogens is 4. The predicted molar refractivity (Wildman–Crippen MR) is 71.7 cm³/mol. The molecule has 0 atom stereocenters. The minimum atomic E-state index is -4.31. The average molecular weight is 367 g/mol. The summed E-state index contributed by atoms with van der Waals surface area (Å²) in [5.74, 6) is 5.16. The first-order valence-corrected chi connectivity index (χ1v) is 7.76. The van der Waals surface area contributed by atoms with Gasteiger partial charge >= 0.3 is 123 Å². The molecule has 0 aromatic carbocycles. The Kier molecular flexibility index (Phi) is 4.66. The molecule has 0 aliphatic rings. The van der Waals surface area contributed by atoms with Gasteiger partial charge in [-0.1, -0.05) is 0 Å². The summed E-state index contributed by atoms with van der Waals surface area (Å²) in [6.45, 7) is 0.0510. The van der Waals surface area contributed by atoms with Crippen molar-refractivity contribution in [3.63, 3.8) is 0 Å². The van der Waals surface area contributed by atoms with Gasteiger partial charge in [-0.2, -0.15) is 0 Å². The van der Waals surface area contributed by atoms with Gasteiger partial charge in [0.2, 0.25) is 0 Å². The van der Waals surface area contributed by atoms with E-state index >= 15 is 0 Å². The van der Waals surface area contributed by atoms with Crippen molar-refractivity contribution in [2.75, 3.05) is 6.54 Å². The van der Waals surface area contributed by atoms with Crippen LogP contribution in [0.3, 0.4) is 0 Å². The maximum atomic E-state index is 12.8. The van der Waals surface area contributed by atoms with E-state index in [0.717, 1.165) is 0 Å². The van der Waals surface area contributed by atoms with Crippen LogP contribution in [0.4, 0.5) is 17.1 Å². The molecule has 0 bridgehead atoms. The second-order valence-electron chi connectivity index (χ2n) is 3.62. The second kappa shape index (κ2) is 6.10. The van der Waals surface area contributed by atoms with E-state index in [2.05, 4.69) is 11.8 Å². The number of aromatic nitrogens is 1. The number of alkyl halides is 3. The molecule has 0 radical (unpaired) electrons. The number of hydrogen-bond donors (Lipinski definition) is 1. The van der Waals surface area contributed by atoms with Crippen LogP contribution in [-0.4, -0.2) is 31.0 Å². The van der Waals surface area contributed by atoms with Gasteiger partial charge in [0.05, 0.1) is 0 Å². The summed E-state index contributed by atoms with van der Waals surface area (Å²) in [4.78, 5) is 0.257. The Bertz CT molecular complexity index is 684. The van der Waals surface area contributed by atoms with E-state index in [1.807, 2.05) is 0 Å². The summed E-state index contributed by atoms with van der Waals surface area (Å²) < 4.78 is 52.3. The van der Waals surface area contributed by atoms with Crippen molar-refractivity contribution in [3.05, 3.63) is 30.0 Å². The Morgan fingerprint density at radius 1 is 1.40 bits per heavy atom. The first kappa shape index (κ1) is 15.3. The predicted octanol–water partition coefficient (Wildman–Crippen LogP) is 2.08. The zero-order valence-electron chi connectivity index (χ0n) is 9.87. The monoisotopic (exact) mass is 368 g/mol. The summed E-state index contributed by atoms with van der Waals surface area (Å²) >= 11 is -1.77. The molecule has 0 saturated heterocycles. The van der Waals surface area contributed by atoms with Crippen LogP contribution in [0.25, 0.3) is 5.52 Å². The van der Waals surface area contributed by atoms with Crippen molar-refractivity contribution < 1.29 is 17.1 Å². The zero-order chi connectivity index (χ0) is 14.8. The molecule has 2 aromatic heterocycles. The second-order valence-corrected chi connectivity index (χ2v) is 6.43. The van der Waals surface area contributed by atoms with Crippen LogP contribution >= 0.6 is 12.1 Å². The van der Waals surface area contributed by atoms with E-state index in [1.165, 1.54) is 28.8 Å². The van der Waals surface area contributed by atoms with Gasteiger partial charge < -0.3 is 0 Å². The van der Waals surface area contributed by atoms with Crippen LogP contribution in [0.2, 0.25) is 0 Å². The van der Waals surface area contributed by atoms with Crippen molar-refractivity contribution in [1.29, 1.82) is 0 Å². The average Bonchev–Trinajstić information content (AvgIpc) is 2.72. The molecule has 2 nitrogen and oxygen atoms in total. The first-order chi connectivity index (χ1) is 9.46. The normalized spacial score (nSPS) is 11.4. The number of rotatable bonds is 2. The zero-order valence-corrected chi connectivity index (χ0v) is 12.4. The van der Waals surface area contributed by atoms with Gasteiger partial charge in [-0.3, -0.25) is 0 Å². The van der Waals surface area contributed by atoms with E-state index < -0.39 is 20.0 Å². The summed E-state index contributed by atoms with van der Waals surface area (Å²) in [6.07, 6.45) is 1.48. The Hall–Kier alpha value is -1.13. The van der Waals surface area contributed by atoms with Crippen LogP contribution in [0, 0.1) is 11.8 Å². The summed E-state index contributed by atoms with van der Waals surface area (Å²) in [5, 5.41) is -4.31. The Balaban J connectivity index is 2.66. The first-order valence-electron chi connectivity index (χ1n) is 5.33. The molecule has 2 heterocycles. The van der Waals surface area contributed by atoms with Gasteiger partial charge in [-0.25, -0.2) is 0 Å². The molecule has 2 N–H and O–H groups in total. The molecular weight excluding hydrogens is 359 g/mol. The van der Waals surface area contributed by atoms with Crippen molar-refractivity contribution in [2.45, 2.75) is 9.97 Å². The van der Waals surface area contributed by atoms with Crippen molar-refractivity contribution in [1.82, 2.24) is 4.40 Å². The SMILES string of the molecule is NCC#Cc1cc2c(SF)cccn2c1[Se]C(F)(F)F. The van der Waals surface area contributed by atoms with Crippen LogP contribution in [0.1, 0.15) is 5.56 Å². The molecule has 0 amide bonds. The third kappa shape index (κ3) is 3.30. The molecule has 0 fully saturated rings. The number of nitrogens with two attached hydrogens (primary N) is 1. The van der Waals surface area contributed by atoms with E-state index in [9.17, 15) is 17.1 Å². The molecule has 0 unspecified atom stereocenters. The van der Waals surface area contributed by atoms with Crippen molar-refractivity contribution >= 4 is 37.2 Å². The molecule has 0 spiro atoms. The Labute approximate surface area is 123 Å². The Morgan fingerprint density at radius 2 is 2.15 bits per heavy atom. The van der Waals surface area contributed by atoms with Gasteiger partial charge in [0, 0.05) is 0 Å². The van der Waals surface area contributed by atoms with Gasteiger partial charge in [0.25, 0.3) is 0 Å². The molecule has 106 valence electrons. The van der Waals surface area contributed by atoms with Gasteiger partial charge in [0.15, 0.2) is 0 Å². The molecule has 0 aliphatic carbocycles. The van der Waals surface area contributed by atoms with E-state index in [1.54, 1.807) is 0 Å². The molecule has 20 heavy (non-hydrogen) atoms. The molecule has 8 heteroatoms. The quantitative estimate of drug-likeness (QED) is 0.501. The minimum absolute atomic E-state index is 0.00587. The fraction of sp³-hybridized carbons (Fsp3) is 0.167. The summed E-state index contributed by atoms with van der Waals surface area (Å²) in [5.41, 5.74) is 5.86. The summed E-state index contributed by atoms with van der Waals surface area (Å²) in [7, 11) is 0. The number of hydrogen-bond acceptors (Lipinski definition) is 2. The molecule has 0 aliphatic heterocycles. The van der Waals surface area contributed by atoms with Crippen LogP contribution < -0.4 is 10.3 Å². The van der Waals surface area contributed by atoms with Crippen LogP contribution in [-0.2, 0) is 0 Å². The number of nitrogens with zero attached hydrogens (tertiary/aromatic N) is 1. The molecule has 2 aromatic rings. The third-order valence-electron chi connectivity index (χ3n) is 2.35. The van der Waals surface area contributed by atoms with Crippen LogP contribution in [0.5, 0.6) is 0 Å². The van der Waals surface area contributed by atoms with Crippen molar-refractivity contribution in [2.24, 2.45) is 5.73 Å². The fourth-order valence-electron chi connectivity index (χ4n) is 1.66. The molecule has 0 saturated carbocycles. The van der Waals surface area contributed by atoms with E-state index in [4.69, 9.17) is 5.73 Å².